The third-order valence-electron chi connectivity index (χ3n) is 1.66. The van der Waals surface area contributed by atoms with Gasteiger partial charge < -0.3 is 5.73 Å². The molecule has 0 aromatic heterocycles. The van der Waals surface area contributed by atoms with E-state index in [2.05, 4.69) is 24.5 Å². The normalized spacial score (nSPS) is 9.15. The Balaban J connectivity index is 3.16. The van der Waals surface area contributed by atoms with Crippen LogP contribution in [0, 0.1) is 18.8 Å². The van der Waals surface area contributed by atoms with Gasteiger partial charge in [-0.1, -0.05) is 23.4 Å². The summed E-state index contributed by atoms with van der Waals surface area (Å²) in [4.78, 5) is 0. The number of benzene rings is 1. The zero-order valence-electron chi connectivity index (χ0n) is 7.26. The summed E-state index contributed by atoms with van der Waals surface area (Å²) in [5, 5.41) is 0.595. The summed E-state index contributed by atoms with van der Waals surface area (Å²) >= 11 is 9.92. The van der Waals surface area contributed by atoms with Crippen LogP contribution < -0.4 is 5.73 Å². The number of rotatable bonds is 0. The van der Waals surface area contributed by atoms with Gasteiger partial charge in [0.1, 0.15) is 0 Å². The molecular weight excluding hydrogens is 202 g/mol. The second-order valence-corrected chi connectivity index (χ2v) is 3.37. The van der Waals surface area contributed by atoms with E-state index in [0.29, 0.717) is 16.5 Å². The Bertz CT molecular complexity index is 376. The van der Waals surface area contributed by atoms with Crippen molar-refractivity contribution in [1.82, 2.24) is 0 Å². The first kappa shape index (κ1) is 10.3. The number of aryl methyl sites for hydroxylation is 1. The molecule has 13 heavy (non-hydrogen) atoms. The summed E-state index contributed by atoms with van der Waals surface area (Å²) in [6, 6.07) is 3.60. The first-order valence-corrected chi connectivity index (χ1v) is 4.81. The number of hydrogen-bond donors (Lipinski definition) is 2. The molecule has 0 atom stereocenters. The van der Waals surface area contributed by atoms with E-state index in [1.54, 1.807) is 6.07 Å². The number of thiol groups is 1. The van der Waals surface area contributed by atoms with Gasteiger partial charge >= 0.3 is 0 Å². The molecule has 1 aromatic rings. The van der Waals surface area contributed by atoms with Gasteiger partial charge in [-0.2, -0.15) is 12.6 Å². The lowest BCUT2D eigenvalue weighted by Gasteiger charge is -2.02. The molecule has 68 valence electrons. The minimum atomic E-state index is 0.528. The highest BCUT2D eigenvalue weighted by molar-refractivity contribution is 7.80. The van der Waals surface area contributed by atoms with Crippen molar-refractivity contribution < 1.29 is 0 Å². The van der Waals surface area contributed by atoms with Crippen LogP contribution in [0.25, 0.3) is 0 Å². The Morgan fingerprint density at radius 2 is 2.23 bits per heavy atom. The summed E-state index contributed by atoms with van der Waals surface area (Å²) in [5.41, 5.74) is 8.17. The molecule has 3 heteroatoms. The zero-order valence-corrected chi connectivity index (χ0v) is 8.91. The molecule has 0 spiro atoms. The van der Waals surface area contributed by atoms with Gasteiger partial charge in [0.05, 0.1) is 10.8 Å². The summed E-state index contributed by atoms with van der Waals surface area (Å²) in [7, 11) is 0. The Labute approximate surface area is 88.7 Å². The van der Waals surface area contributed by atoms with Crippen molar-refractivity contribution in [3.63, 3.8) is 0 Å². The third kappa shape index (κ3) is 2.58. The number of halogens is 1. The largest absolute Gasteiger partial charge is 0.398 e. The molecule has 0 amide bonds. The minimum absolute atomic E-state index is 0.528. The lowest BCUT2D eigenvalue weighted by molar-refractivity contribution is 1.45. The highest BCUT2D eigenvalue weighted by atomic mass is 35.5. The van der Waals surface area contributed by atoms with E-state index >= 15 is 0 Å². The van der Waals surface area contributed by atoms with Crippen LogP contribution in [-0.4, -0.2) is 5.75 Å². The fraction of sp³-hybridized carbons (Fsp3) is 0.200. The fourth-order valence-corrected chi connectivity index (χ4v) is 1.23. The molecule has 0 aliphatic heterocycles. The molecule has 1 aromatic carbocycles. The van der Waals surface area contributed by atoms with Crippen LogP contribution in [0.5, 0.6) is 0 Å². The van der Waals surface area contributed by atoms with Gasteiger partial charge in [0.2, 0.25) is 0 Å². The first-order valence-electron chi connectivity index (χ1n) is 3.80. The Morgan fingerprint density at radius 3 is 2.85 bits per heavy atom. The minimum Gasteiger partial charge on any atom is -0.398 e. The maximum atomic E-state index is 5.93. The molecule has 0 saturated heterocycles. The van der Waals surface area contributed by atoms with Crippen molar-refractivity contribution in [3.8, 4) is 11.8 Å². The van der Waals surface area contributed by atoms with E-state index in [1.807, 2.05) is 13.0 Å². The van der Waals surface area contributed by atoms with Crippen molar-refractivity contribution in [2.75, 3.05) is 11.5 Å². The van der Waals surface area contributed by atoms with Gasteiger partial charge in [-0.3, -0.25) is 0 Å². The summed E-state index contributed by atoms with van der Waals surface area (Å²) in [6.45, 7) is 1.93. The Morgan fingerprint density at radius 1 is 1.54 bits per heavy atom. The number of anilines is 1. The van der Waals surface area contributed by atoms with Crippen molar-refractivity contribution in [2.45, 2.75) is 6.92 Å². The molecule has 0 radical (unpaired) electrons. The average Bonchev–Trinajstić information content (AvgIpc) is 2.09. The molecule has 0 aliphatic carbocycles. The lowest BCUT2D eigenvalue weighted by atomic mass is 10.1. The molecule has 2 N–H and O–H groups in total. The maximum Gasteiger partial charge on any atom is 0.0583 e. The van der Waals surface area contributed by atoms with Gasteiger partial charge in [-0.25, -0.2) is 0 Å². The average molecular weight is 212 g/mol. The summed E-state index contributed by atoms with van der Waals surface area (Å²) < 4.78 is 0. The summed E-state index contributed by atoms with van der Waals surface area (Å²) in [5.74, 6) is 6.29. The van der Waals surface area contributed by atoms with Gasteiger partial charge in [0, 0.05) is 11.3 Å². The second kappa shape index (κ2) is 4.45. The van der Waals surface area contributed by atoms with Crippen molar-refractivity contribution in [1.29, 1.82) is 0 Å². The lowest BCUT2D eigenvalue weighted by Crippen LogP contribution is -1.91. The molecule has 0 bridgehead atoms. The van der Waals surface area contributed by atoms with Crippen LogP contribution >= 0.6 is 24.2 Å². The quantitative estimate of drug-likeness (QED) is 0.385. The predicted molar refractivity (Wildman–Crippen MR) is 61.3 cm³/mol. The van der Waals surface area contributed by atoms with E-state index in [0.717, 1.165) is 11.1 Å². The molecule has 0 unspecified atom stereocenters. The summed E-state index contributed by atoms with van der Waals surface area (Å²) in [6.07, 6.45) is 0. The molecule has 0 fully saturated rings. The first-order chi connectivity index (χ1) is 6.15. The molecule has 0 aliphatic rings. The standard InChI is InChI=1S/C10H10ClNS/c1-7-5-8(3-2-4-13)9(11)6-10(7)12/h5-6,13H,4,12H2,1H3. The van der Waals surface area contributed by atoms with E-state index < -0.39 is 0 Å². The highest BCUT2D eigenvalue weighted by Gasteiger charge is 2.00. The van der Waals surface area contributed by atoms with Crippen LogP contribution in [0.3, 0.4) is 0 Å². The third-order valence-corrected chi connectivity index (χ3v) is 2.13. The van der Waals surface area contributed by atoms with Crippen LogP contribution in [0.1, 0.15) is 11.1 Å². The van der Waals surface area contributed by atoms with E-state index in [1.165, 1.54) is 0 Å². The van der Waals surface area contributed by atoms with Crippen LogP contribution in [-0.2, 0) is 0 Å². The van der Waals surface area contributed by atoms with Gasteiger partial charge in [-0.05, 0) is 24.6 Å². The van der Waals surface area contributed by atoms with Crippen LogP contribution in [0.2, 0.25) is 5.02 Å². The van der Waals surface area contributed by atoms with Crippen molar-refractivity contribution in [3.05, 3.63) is 28.3 Å². The van der Waals surface area contributed by atoms with E-state index in [-0.39, 0.29) is 0 Å². The van der Waals surface area contributed by atoms with Crippen LogP contribution in [0.15, 0.2) is 12.1 Å². The van der Waals surface area contributed by atoms with Gasteiger partial charge in [0.25, 0.3) is 0 Å². The molecule has 1 rings (SSSR count). The van der Waals surface area contributed by atoms with E-state index in [9.17, 15) is 0 Å². The van der Waals surface area contributed by atoms with Crippen LogP contribution in [0.4, 0.5) is 5.69 Å². The molecule has 0 saturated carbocycles. The number of hydrogen-bond acceptors (Lipinski definition) is 2. The monoisotopic (exact) mass is 211 g/mol. The number of nitrogen functional groups attached to an aromatic ring is 1. The zero-order chi connectivity index (χ0) is 9.84. The van der Waals surface area contributed by atoms with Crippen molar-refractivity contribution >= 4 is 29.9 Å². The van der Waals surface area contributed by atoms with Crippen molar-refractivity contribution in [2.24, 2.45) is 0 Å². The van der Waals surface area contributed by atoms with Gasteiger partial charge in [-0.15, -0.1) is 0 Å². The Hall–Kier alpha value is -0.780. The van der Waals surface area contributed by atoms with E-state index in [4.69, 9.17) is 17.3 Å². The fourth-order valence-electron chi connectivity index (χ4n) is 0.927. The highest BCUT2D eigenvalue weighted by Crippen LogP contribution is 2.21. The molecule has 1 nitrogen and oxygen atoms in total. The predicted octanol–water partition coefficient (Wildman–Crippen LogP) is 2.51. The molecule has 0 heterocycles. The maximum absolute atomic E-state index is 5.93. The smallest absolute Gasteiger partial charge is 0.0583 e. The van der Waals surface area contributed by atoms with Gasteiger partial charge in [0.15, 0.2) is 0 Å². The SMILES string of the molecule is Cc1cc(C#CCS)c(Cl)cc1N. The topological polar surface area (TPSA) is 26.0 Å². The Kier molecular flexibility index (Phi) is 3.53. The second-order valence-electron chi connectivity index (χ2n) is 2.65. The molecular formula is C10H10ClNS. The number of nitrogens with two attached hydrogens (primary N) is 1.